The van der Waals surface area contributed by atoms with Crippen molar-refractivity contribution in [2.75, 3.05) is 30.6 Å². The summed E-state index contributed by atoms with van der Waals surface area (Å²) in [5.74, 6) is 1.21. The first kappa shape index (κ1) is 26.5. The first-order valence-electron chi connectivity index (χ1n) is 11.7. The number of fused-ring (bicyclic) bond motifs is 1. The molecule has 37 heavy (non-hydrogen) atoms. The highest BCUT2D eigenvalue weighted by atomic mass is 32.2. The third-order valence-corrected chi connectivity index (χ3v) is 7.98. The Labute approximate surface area is 216 Å². The van der Waals surface area contributed by atoms with Gasteiger partial charge in [-0.15, -0.1) is 0 Å². The van der Waals surface area contributed by atoms with E-state index in [2.05, 4.69) is 20.6 Å². The molecular weight excluding hydrogens is 512 g/mol. The second kappa shape index (κ2) is 11.7. The summed E-state index contributed by atoms with van der Waals surface area (Å²) in [6.45, 7) is 1.08. The fourth-order valence-electron chi connectivity index (χ4n) is 3.61. The van der Waals surface area contributed by atoms with E-state index in [9.17, 15) is 16.8 Å². The average molecular weight is 541 g/mol. The molecule has 2 N–H and O–H groups in total. The lowest BCUT2D eigenvalue weighted by atomic mass is 10.2. The number of nitrogens with one attached hydrogen (secondary N) is 2. The maximum absolute atomic E-state index is 12.8. The van der Waals surface area contributed by atoms with E-state index >= 15 is 0 Å². The number of rotatable bonds is 12. The molecule has 0 unspecified atom stereocenters. The van der Waals surface area contributed by atoms with Gasteiger partial charge in [-0.1, -0.05) is 18.2 Å². The lowest BCUT2D eigenvalue weighted by molar-refractivity contribution is 0.306. The van der Waals surface area contributed by atoms with Gasteiger partial charge in [0.1, 0.15) is 17.9 Å². The van der Waals surface area contributed by atoms with Crippen molar-refractivity contribution in [2.24, 2.45) is 0 Å². The fourth-order valence-corrected chi connectivity index (χ4v) is 5.41. The molecule has 0 spiro atoms. The lowest BCUT2D eigenvalue weighted by Gasteiger charge is -2.11. The second-order valence-electron chi connectivity index (χ2n) is 8.49. The van der Waals surface area contributed by atoms with Crippen LogP contribution in [0, 0.1) is 0 Å². The minimum atomic E-state index is -3.59. The largest absolute Gasteiger partial charge is 0.494 e. The van der Waals surface area contributed by atoms with Crippen molar-refractivity contribution in [1.82, 2.24) is 15.3 Å². The predicted octanol–water partition coefficient (Wildman–Crippen LogP) is 3.96. The molecular formula is C26H28N4O5S2. The summed E-state index contributed by atoms with van der Waals surface area (Å²) < 4.78 is 53.8. The first-order chi connectivity index (χ1) is 17.7. The number of nitrogens with zero attached hydrogens (tertiary/aromatic N) is 2. The predicted molar refractivity (Wildman–Crippen MR) is 144 cm³/mol. The Hall–Kier alpha value is -3.54. The summed E-state index contributed by atoms with van der Waals surface area (Å²) >= 11 is 0. The molecule has 0 atom stereocenters. The van der Waals surface area contributed by atoms with Gasteiger partial charge in [-0.3, -0.25) is 0 Å². The Balaban J connectivity index is 1.40. The zero-order chi connectivity index (χ0) is 26.3. The van der Waals surface area contributed by atoms with E-state index < -0.39 is 19.7 Å². The van der Waals surface area contributed by atoms with E-state index in [1.165, 1.54) is 12.6 Å². The SMILES string of the molecule is CS(=O)(=O)CNCCCCOc1ccc2ncnc(Nc3ccc(S(=O)(=O)c4ccccc4)cc3)c2c1. The van der Waals surface area contributed by atoms with Gasteiger partial charge in [0.05, 0.1) is 27.8 Å². The number of ether oxygens (including phenoxy) is 1. The molecule has 9 nitrogen and oxygen atoms in total. The first-order valence-corrected chi connectivity index (χ1v) is 15.2. The molecule has 0 aliphatic heterocycles. The van der Waals surface area contributed by atoms with Gasteiger partial charge in [-0.05, 0) is 74.0 Å². The smallest absolute Gasteiger partial charge is 0.206 e. The van der Waals surface area contributed by atoms with Crippen LogP contribution in [-0.4, -0.2) is 52.1 Å². The minimum Gasteiger partial charge on any atom is -0.494 e. The molecule has 0 saturated heterocycles. The molecule has 0 amide bonds. The van der Waals surface area contributed by atoms with Crippen molar-refractivity contribution in [3.8, 4) is 5.75 Å². The maximum atomic E-state index is 12.8. The van der Waals surface area contributed by atoms with Gasteiger partial charge in [-0.25, -0.2) is 26.8 Å². The van der Waals surface area contributed by atoms with Crippen molar-refractivity contribution in [3.63, 3.8) is 0 Å². The summed E-state index contributed by atoms with van der Waals surface area (Å²) in [5, 5.41) is 6.89. The molecule has 194 valence electrons. The Morgan fingerprint density at radius 3 is 2.30 bits per heavy atom. The molecule has 0 bridgehead atoms. The topological polar surface area (TPSA) is 127 Å². The van der Waals surface area contributed by atoms with Gasteiger partial charge in [0.2, 0.25) is 9.84 Å². The zero-order valence-electron chi connectivity index (χ0n) is 20.3. The van der Waals surface area contributed by atoms with Gasteiger partial charge in [0.15, 0.2) is 9.84 Å². The van der Waals surface area contributed by atoms with E-state index in [4.69, 9.17) is 4.74 Å². The number of sulfone groups is 2. The molecule has 4 aromatic rings. The standard InChI is InChI=1S/C26H28N4O5S2/c1-36(31,32)19-27-15-5-6-16-35-21-11-14-25-24(17-21)26(29-18-28-25)30-20-9-12-23(13-10-20)37(33,34)22-7-3-2-4-8-22/h2-4,7-14,17-18,27H,5-6,15-16,19H2,1H3,(H,28,29,30). The molecule has 0 saturated carbocycles. The Morgan fingerprint density at radius 1 is 0.838 bits per heavy atom. The van der Waals surface area contributed by atoms with E-state index in [1.807, 2.05) is 18.2 Å². The highest BCUT2D eigenvalue weighted by Gasteiger charge is 2.17. The number of hydrogen-bond acceptors (Lipinski definition) is 9. The van der Waals surface area contributed by atoms with Crippen molar-refractivity contribution >= 4 is 42.1 Å². The average Bonchev–Trinajstić information content (AvgIpc) is 2.88. The van der Waals surface area contributed by atoms with E-state index in [-0.39, 0.29) is 15.7 Å². The second-order valence-corrected chi connectivity index (χ2v) is 12.6. The number of hydrogen-bond donors (Lipinski definition) is 2. The summed E-state index contributed by atoms with van der Waals surface area (Å²) in [6.07, 6.45) is 4.21. The summed E-state index contributed by atoms with van der Waals surface area (Å²) in [5.41, 5.74) is 1.41. The quantitative estimate of drug-likeness (QED) is 0.257. The lowest BCUT2D eigenvalue weighted by Crippen LogP contribution is -2.23. The van der Waals surface area contributed by atoms with Gasteiger partial charge in [-0.2, -0.15) is 0 Å². The molecule has 0 aliphatic rings. The van der Waals surface area contributed by atoms with Crippen molar-refractivity contribution in [1.29, 1.82) is 0 Å². The van der Waals surface area contributed by atoms with Crippen LogP contribution in [0.4, 0.5) is 11.5 Å². The molecule has 3 aromatic carbocycles. The highest BCUT2D eigenvalue weighted by molar-refractivity contribution is 7.91. The monoisotopic (exact) mass is 540 g/mol. The molecule has 1 aromatic heterocycles. The van der Waals surface area contributed by atoms with Crippen LogP contribution in [0.15, 0.2) is 88.9 Å². The van der Waals surface area contributed by atoms with Crippen LogP contribution >= 0.6 is 0 Å². The van der Waals surface area contributed by atoms with Crippen LogP contribution in [0.5, 0.6) is 5.75 Å². The highest BCUT2D eigenvalue weighted by Crippen LogP contribution is 2.28. The zero-order valence-corrected chi connectivity index (χ0v) is 21.9. The van der Waals surface area contributed by atoms with Gasteiger partial charge in [0, 0.05) is 17.3 Å². The number of unbranched alkanes of at least 4 members (excludes halogenated alkanes) is 1. The van der Waals surface area contributed by atoms with Crippen LogP contribution in [-0.2, 0) is 19.7 Å². The Morgan fingerprint density at radius 2 is 1.57 bits per heavy atom. The Bertz CT molecular complexity index is 1560. The molecule has 0 radical (unpaired) electrons. The molecule has 4 rings (SSSR count). The van der Waals surface area contributed by atoms with Crippen LogP contribution in [0.1, 0.15) is 12.8 Å². The van der Waals surface area contributed by atoms with Crippen LogP contribution in [0.2, 0.25) is 0 Å². The number of anilines is 2. The van der Waals surface area contributed by atoms with Crippen LogP contribution in [0.25, 0.3) is 10.9 Å². The third-order valence-electron chi connectivity index (χ3n) is 5.47. The van der Waals surface area contributed by atoms with Crippen LogP contribution < -0.4 is 15.4 Å². The summed E-state index contributed by atoms with van der Waals surface area (Å²) in [6, 6.07) is 20.4. The van der Waals surface area contributed by atoms with Crippen LogP contribution in [0.3, 0.4) is 0 Å². The number of benzene rings is 3. The minimum absolute atomic E-state index is 0.0279. The number of aromatic nitrogens is 2. The van der Waals surface area contributed by atoms with Gasteiger partial charge < -0.3 is 15.4 Å². The maximum Gasteiger partial charge on any atom is 0.206 e. The van der Waals surface area contributed by atoms with Gasteiger partial charge in [0.25, 0.3) is 0 Å². The third kappa shape index (κ3) is 7.25. The van der Waals surface area contributed by atoms with E-state index in [0.717, 1.165) is 23.7 Å². The van der Waals surface area contributed by atoms with E-state index in [1.54, 1.807) is 54.6 Å². The van der Waals surface area contributed by atoms with Crippen molar-refractivity contribution in [3.05, 3.63) is 79.1 Å². The molecule has 11 heteroatoms. The van der Waals surface area contributed by atoms with E-state index in [0.29, 0.717) is 30.4 Å². The molecule has 0 fully saturated rings. The van der Waals surface area contributed by atoms with Crippen molar-refractivity contribution in [2.45, 2.75) is 22.6 Å². The normalized spacial score (nSPS) is 11.9. The molecule has 0 aliphatic carbocycles. The fraction of sp³-hybridized carbons (Fsp3) is 0.231. The Kier molecular flexibility index (Phi) is 8.37. The molecule has 1 heterocycles. The van der Waals surface area contributed by atoms with Gasteiger partial charge >= 0.3 is 0 Å². The van der Waals surface area contributed by atoms with Crippen molar-refractivity contribution < 1.29 is 21.6 Å². The summed E-state index contributed by atoms with van der Waals surface area (Å²) in [7, 11) is -6.61. The summed E-state index contributed by atoms with van der Waals surface area (Å²) in [4.78, 5) is 9.12.